The van der Waals surface area contributed by atoms with E-state index in [1.807, 2.05) is 13.8 Å². The lowest BCUT2D eigenvalue weighted by Gasteiger charge is -2.01. The number of carbonyl (C=O) groups excluding carboxylic acids is 1. The molecule has 0 aliphatic rings. The van der Waals surface area contributed by atoms with Gasteiger partial charge in [0.1, 0.15) is 0 Å². The zero-order valence-electron chi connectivity index (χ0n) is 6.12. The number of carbonyl (C=O) groups is 1. The van der Waals surface area contributed by atoms with Crippen molar-refractivity contribution in [3.05, 3.63) is 6.92 Å². The van der Waals surface area contributed by atoms with Crippen LogP contribution in [0, 0.1) is 6.92 Å². The van der Waals surface area contributed by atoms with Gasteiger partial charge in [0, 0.05) is 16.0 Å². The molecule has 0 spiro atoms. The molecule has 0 unspecified atom stereocenters. The molecule has 0 aliphatic heterocycles. The van der Waals surface area contributed by atoms with Gasteiger partial charge in [0.25, 0.3) is 0 Å². The lowest BCUT2D eigenvalue weighted by Crippen LogP contribution is -1.95. The van der Waals surface area contributed by atoms with Gasteiger partial charge in [0.15, 0.2) is 0 Å². The molecule has 0 aromatic heterocycles. The summed E-state index contributed by atoms with van der Waals surface area (Å²) >= 11 is 0. The molecule has 59 valence electrons. The highest BCUT2D eigenvalue weighted by Gasteiger charge is 2.03. The number of hydrogen-bond donors (Lipinski definition) is 0. The molecule has 0 aromatic rings. The molecule has 0 N–H and O–H groups in total. The van der Waals surface area contributed by atoms with Crippen LogP contribution in [0.25, 0.3) is 0 Å². The van der Waals surface area contributed by atoms with Gasteiger partial charge < -0.3 is 4.74 Å². The third-order valence-corrected chi connectivity index (χ3v) is 3.12. The minimum absolute atomic E-state index is 0.213. The summed E-state index contributed by atoms with van der Waals surface area (Å²) in [5.41, 5.74) is 0. The number of ether oxygens (including phenoxy) is 1. The maximum Gasteiger partial charge on any atom is 0.378 e. The van der Waals surface area contributed by atoms with Crippen LogP contribution in [0.15, 0.2) is 0 Å². The van der Waals surface area contributed by atoms with E-state index in [0.717, 1.165) is 10.8 Å². The molecular formula is C6H11O2S2. The van der Waals surface area contributed by atoms with E-state index in [1.165, 1.54) is 10.8 Å². The summed E-state index contributed by atoms with van der Waals surface area (Å²) in [6, 6.07) is 0. The zero-order chi connectivity index (χ0) is 7.98. The molecule has 0 heterocycles. The van der Waals surface area contributed by atoms with Crippen LogP contribution in [0.5, 0.6) is 0 Å². The Kier molecular flexibility index (Phi) is 6.02. The van der Waals surface area contributed by atoms with Crippen molar-refractivity contribution < 1.29 is 9.53 Å². The Morgan fingerprint density at radius 1 is 1.70 bits per heavy atom. The lowest BCUT2D eigenvalue weighted by molar-refractivity contribution is 0.187. The molecule has 0 aromatic carbocycles. The van der Waals surface area contributed by atoms with Crippen molar-refractivity contribution >= 4 is 26.9 Å². The summed E-state index contributed by atoms with van der Waals surface area (Å²) in [4.78, 5) is 10.6. The summed E-state index contributed by atoms with van der Waals surface area (Å²) in [6.07, 6.45) is 0. The normalized spacial score (nSPS) is 10.0. The summed E-state index contributed by atoms with van der Waals surface area (Å²) in [5.74, 6) is 0. The molecule has 0 fully saturated rings. The smallest absolute Gasteiger partial charge is 0.378 e. The standard InChI is InChI=1S/C6H11O2S2/c1-4-8-6(7)10-9-5(2)3/h5H,1,4H2,2-3H3. The molecule has 0 aliphatic carbocycles. The molecule has 10 heavy (non-hydrogen) atoms. The third kappa shape index (κ3) is 6.29. The minimum atomic E-state index is -0.256. The van der Waals surface area contributed by atoms with Crippen LogP contribution >= 0.6 is 21.6 Å². The zero-order valence-corrected chi connectivity index (χ0v) is 7.76. The first-order valence-electron chi connectivity index (χ1n) is 2.96. The maximum absolute atomic E-state index is 10.6. The van der Waals surface area contributed by atoms with E-state index in [2.05, 4.69) is 11.7 Å². The highest BCUT2D eigenvalue weighted by molar-refractivity contribution is 8.82. The van der Waals surface area contributed by atoms with Gasteiger partial charge in [-0.15, -0.1) is 0 Å². The van der Waals surface area contributed by atoms with Crippen molar-refractivity contribution in [2.45, 2.75) is 19.1 Å². The average Bonchev–Trinajstić information content (AvgIpc) is 1.85. The van der Waals surface area contributed by atoms with Crippen LogP contribution < -0.4 is 0 Å². The Labute approximate surface area is 69.5 Å². The van der Waals surface area contributed by atoms with Crippen LogP contribution in [0.4, 0.5) is 4.79 Å². The van der Waals surface area contributed by atoms with E-state index in [1.54, 1.807) is 0 Å². The van der Waals surface area contributed by atoms with Gasteiger partial charge in [-0.25, -0.2) is 4.79 Å². The van der Waals surface area contributed by atoms with Crippen molar-refractivity contribution in [1.82, 2.24) is 0 Å². The SMILES string of the molecule is [CH2]COC(=O)SSC(C)C. The first-order valence-corrected chi connectivity index (χ1v) is 5.17. The second kappa shape index (κ2) is 5.92. The Hall–Kier alpha value is 0.170. The van der Waals surface area contributed by atoms with E-state index < -0.39 is 0 Å². The first-order chi connectivity index (χ1) is 4.66. The van der Waals surface area contributed by atoms with Crippen LogP contribution in [0.2, 0.25) is 0 Å². The molecule has 4 heteroatoms. The van der Waals surface area contributed by atoms with E-state index in [0.29, 0.717) is 5.25 Å². The third-order valence-electron chi connectivity index (χ3n) is 0.529. The Balaban J connectivity index is 3.22. The quantitative estimate of drug-likeness (QED) is 0.491. The predicted molar refractivity (Wildman–Crippen MR) is 47.0 cm³/mol. The van der Waals surface area contributed by atoms with Crippen LogP contribution in [-0.4, -0.2) is 17.2 Å². The second-order valence-corrected chi connectivity index (χ2v) is 4.54. The lowest BCUT2D eigenvalue weighted by atomic mass is 10.6. The Bertz CT molecular complexity index is 104. The monoisotopic (exact) mass is 179 g/mol. The van der Waals surface area contributed by atoms with Crippen LogP contribution in [-0.2, 0) is 4.74 Å². The van der Waals surface area contributed by atoms with Gasteiger partial charge in [-0.1, -0.05) is 24.6 Å². The van der Waals surface area contributed by atoms with Gasteiger partial charge in [-0.3, -0.25) is 0 Å². The maximum atomic E-state index is 10.6. The van der Waals surface area contributed by atoms with Gasteiger partial charge >= 0.3 is 5.30 Å². The van der Waals surface area contributed by atoms with E-state index in [-0.39, 0.29) is 11.9 Å². The molecule has 0 saturated heterocycles. The van der Waals surface area contributed by atoms with Crippen molar-refractivity contribution in [2.24, 2.45) is 0 Å². The van der Waals surface area contributed by atoms with Crippen molar-refractivity contribution in [3.63, 3.8) is 0 Å². The molecule has 0 bridgehead atoms. The highest BCUT2D eigenvalue weighted by Crippen LogP contribution is 2.27. The molecule has 2 nitrogen and oxygen atoms in total. The van der Waals surface area contributed by atoms with Crippen molar-refractivity contribution in [1.29, 1.82) is 0 Å². The molecule has 1 radical (unpaired) electrons. The molecule has 0 saturated carbocycles. The fourth-order valence-corrected chi connectivity index (χ4v) is 1.60. The van der Waals surface area contributed by atoms with Crippen LogP contribution in [0.1, 0.15) is 13.8 Å². The van der Waals surface area contributed by atoms with E-state index >= 15 is 0 Å². The van der Waals surface area contributed by atoms with Gasteiger partial charge in [0.05, 0.1) is 6.61 Å². The predicted octanol–water partition coefficient (Wildman–Crippen LogP) is 2.75. The van der Waals surface area contributed by atoms with E-state index in [9.17, 15) is 4.79 Å². The molecule has 0 rings (SSSR count). The first kappa shape index (κ1) is 10.2. The van der Waals surface area contributed by atoms with Gasteiger partial charge in [-0.05, 0) is 6.92 Å². The molecule has 0 amide bonds. The number of rotatable bonds is 3. The van der Waals surface area contributed by atoms with Crippen molar-refractivity contribution in [3.8, 4) is 0 Å². The highest BCUT2D eigenvalue weighted by atomic mass is 33.1. The fourth-order valence-electron chi connectivity index (χ4n) is 0.243. The largest absolute Gasteiger partial charge is 0.457 e. The minimum Gasteiger partial charge on any atom is -0.457 e. The fraction of sp³-hybridized carbons (Fsp3) is 0.667. The van der Waals surface area contributed by atoms with Gasteiger partial charge in [0.2, 0.25) is 0 Å². The van der Waals surface area contributed by atoms with Gasteiger partial charge in [-0.2, -0.15) is 0 Å². The average molecular weight is 179 g/mol. The topological polar surface area (TPSA) is 26.3 Å². The van der Waals surface area contributed by atoms with Crippen molar-refractivity contribution in [2.75, 3.05) is 6.61 Å². The summed E-state index contributed by atoms with van der Waals surface area (Å²) < 4.78 is 4.58. The Morgan fingerprint density at radius 3 is 2.70 bits per heavy atom. The summed E-state index contributed by atoms with van der Waals surface area (Å²) in [6.45, 7) is 7.65. The Morgan fingerprint density at radius 2 is 2.30 bits per heavy atom. The summed E-state index contributed by atoms with van der Waals surface area (Å²) in [7, 11) is 2.62. The summed E-state index contributed by atoms with van der Waals surface area (Å²) in [5, 5.41) is 0.191. The second-order valence-electron chi connectivity index (χ2n) is 1.83. The molecular weight excluding hydrogens is 168 g/mol. The molecule has 0 atom stereocenters. The number of hydrogen-bond acceptors (Lipinski definition) is 4. The van der Waals surface area contributed by atoms with E-state index in [4.69, 9.17) is 0 Å². The van der Waals surface area contributed by atoms with Crippen LogP contribution in [0.3, 0.4) is 0 Å².